The molecular formula is C81H138O17P2. The molecule has 0 saturated heterocycles. The summed E-state index contributed by atoms with van der Waals surface area (Å²) in [5, 5.41) is 10.6. The molecule has 0 saturated carbocycles. The molecule has 0 aromatic carbocycles. The van der Waals surface area contributed by atoms with Crippen molar-refractivity contribution in [2.24, 2.45) is 0 Å². The number of aliphatic hydroxyl groups is 1. The maximum Gasteiger partial charge on any atom is 0.472 e. The van der Waals surface area contributed by atoms with Crippen LogP contribution in [0.4, 0.5) is 0 Å². The van der Waals surface area contributed by atoms with Crippen LogP contribution in [0.25, 0.3) is 0 Å². The van der Waals surface area contributed by atoms with E-state index in [0.717, 1.165) is 148 Å². The molecule has 0 spiro atoms. The van der Waals surface area contributed by atoms with Crippen LogP contribution in [0.3, 0.4) is 0 Å². The number of hydrogen-bond donors (Lipinski definition) is 3. The zero-order valence-corrected chi connectivity index (χ0v) is 64.4. The number of phosphoric acid groups is 2. The molecule has 3 N–H and O–H groups in total. The van der Waals surface area contributed by atoms with Crippen molar-refractivity contribution < 1.29 is 80.2 Å². The number of aliphatic hydroxyl groups excluding tert-OH is 1. The first-order valence-corrected chi connectivity index (χ1v) is 41.8. The monoisotopic (exact) mass is 1440 g/mol. The van der Waals surface area contributed by atoms with Crippen LogP contribution in [-0.4, -0.2) is 96.7 Å². The lowest BCUT2D eigenvalue weighted by Gasteiger charge is -2.21. The van der Waals surface area contributed by atoms with Crippen LogP contribution in [0.2, 0.25) is 0 Å². The van der Waals surface area contributed by atoms with Crippen LogP contribution < -0.4 is 0 Å². The summed E-state index contributed by atoms with van der Waals surface area (Å²) >= 11 is 0. The van der Waals surface area contributed by atoms with Crippen LogP contribution in [-0.2, 0) is 65.4 Å². The minimum absolute atomic E-state index is 0.0325. The minimum atomic E-state index is -5.00. The molecule has 100 heavy (non-hydrogen) atoms. The molecular weight excluding hydrogens is 1310 g/mol. The minimum Gasteiger partial charge on any atom is -0.462 e. The zero-order valence-electron chi connectivity index (χ0n) is 62.6. The molecule has 0 radical (unpaired) electrons. The van der Waals surface area contributed by atoms with Gasteiger partial charge in [-0.15, -0.1) is 0 Å². The van der Waals surface area contributed by atoms with Gasteiger partial charge >= 0.3 is 39.5 Å². The van der Waals surface area contributed by atoms with Gasteiger partial charge in [0.25, 0.3) is 0 Å². The third-order valence-electron chi connectivity index (χ3n) is 15.9. The number of hydrogen-bond acceptors (Lipinski definition) is 15. The van der Waals surface area contributed by atoms with Gasteiger partial charge in [-0.1, -0.05) is 271 Å². The molecule has 17 nitrogen and oxygen atoms in total. The Bertz CT molecular complexity index is 2370. The molecule has 19 heteroatoms. The molecule has 0 aromatic heterocycles. The predicted molar refractivity (Wildman–Crippen MR) is 408 cm³/mol. The Hall–Kier alpha value is -4.54. The summed E-state index contributed by atoms with van der Waals surface area (Å²) in [5.41, 5.74) is 0. The molecule has 0 aliphatic heterocycles. The van der Waals surface area contributed by atoms with Crippen molar-refractivity contribution in [1.82, 2.24) is 0 Å². The van der Waals surface area contributed by atoms with Crippen molar-refractivity contribution in [1.29, 1.82) is 0 Å². The van der Waals surface area contributed by atoms with E-state index in [1.807, 2.05) is 0 Å². The molecule has 0 fully saturated rings. The molecule has 0 amide bonds. The van der Waals surface area contributed by atoms with Gasteiger partial charge in [-0.25, -0.2) is 9.13 Å². The highest BCUT2D eigenvalue weighted by molar-refractivity contribution is 7.47. The fourth-order valence-corrected chi connectivity index (χ4v) is 11.6. The number of carbonyl (C=O) groups is 4. The Balaban J connectivity index is 5.39. The van der Waals surface area contributed by atoms with Gasteiger partial charge in [0.1, 0.15) is 19.3 Å². The van der Waals surface area contributed by atoms with Crippen molar-refractivity contribution in [3.8, 4) is 0 Å². The number of phosphoric ester groups is 2. The van der Waals surface area contributed by atoms with Gasteiger partial charge in [0.05, 0.1) is 26.4 Å². The molecule has 0 bridgehead atoms. The summed E-state index contributed by atoms with van der Waals surface area (Å²) in [6.45, 7) is 4.55. The predicted octanol–water partition coefficient (Wildman–Crippen LogP) is 22.3. The summed E-state index contributed by atoms with van der Waals surface area (Å²) in [7, 11) is -9.97. The average Bonchev–Trinajstić information content (AvgIpc) is 0.985. The van der Waals surface area contributed by atoms with Crippen LogP contribution in [0, 0.1) is 0 Å². The second kappa shape index (κ2) is 72.8. The van der Waals surface area contributed by atoms with Gasteiger partial charge in [-0.3, -0.25) is 37.3 Å². The molecule has 0 aliphatic carbocycles. The second-order valence-electron chi connectivity index (χ2n) is 25.5. The van der Waals surface area contributed by atoms with E-state index in [0.29, 0.717) is 32.1 Å². The van der Waals surface area contributed by atoms with Crippen LogP contribution in [0.15, 0.2) is 122 Å². The first-order valence-electron chi connectivity index (χ1n) is 38.8. The molecule has 0 rings (SSSR count). The SMILES string of the molecule is CC/C=C\C/C=C\C/C=C\C/C=C\C/C=C\CCCCCC(=O)OCC(COP(=O)(O)OCC(O)COP(=O)(O)OCC(COC(=O)CCCCCCC/C=C\CCCCCCCC)OC(=O)CCCCCCCCCCCCC)OC(=O)CCCC/C=C\C/C=C\C/C=C\C/C=C\CC. The first kappa shape index (κ1) is 95.5. The summed E-state index contributed by atoms with van der Waals surface area (Å²) in [6, 6.07) is 0. The van der Waals surface area contributed by atoms with Crippen molar-refractivity contribution >= 4 is 39.5 Å². The molecule has 0 aromatic rings. The Labute approximate surface area is 606 Å². The first-order chi connectivity index (χ1) is 48.7. The van der Waals surface area contributed by atoms with Crippen LogP contribution >= 0.6 is 15.6 Å². The molecule has 574 valence electrons. The average molecular weight is 1450 g/mol. The van der Waals surface area contributed by atoms with Crippen molar-refractivity contribution in [2.45, 2.75) is 329 Å². The topological polar surface area (TPSA) is 237 Å². The van der Waals surface area contributed by atoms with Crippen molar-refractivity contribution in [2.75, 3.05) is 39.6 Å². The van der Waals surface area contributed by atoms with E-state index < -0.39 is 97.5 Å². The third kappa shape index (κ3) is 71.8. The van der Waals surface area contributed by atoms with E-state index in [9.17, 15) is 43.2 Å². The Morgan fingerprint density at radius 3 is 0.840 bits per heavy atom. The normalized spacial score (nSPS) is 14.6. The molecule has 5 unspecified atom stereocenters. The van der Waals surface area contributed by atoms with Crippen molar-refractivity contribution in [3.63, 3.8) is 0 Å². The maximum atomic E-state index is 13.1. The summed E-state index contributed by atoms with van der Waals surface area (Å²) in [5.74, 6) is -2.26. The number of allylic oxidation sites excluding steroid dienone is 20. The largest absolute Gasteiger partial charge is 0.472 e. The van der Waals surface area contributed by atoms with Gasteiger partial charge in [0.2, 0.25) is 0 Å². The molecule has 5 atom stereocenters. The van der Waals surface area contributed by atoms with Gasteiger partial charge in [0.15, 0.2) is 12.2 Å². The van der Waals surface area contributed by atoms with Crippen LogP contribution in [0.1, 0.15) is 310 Å². The second-order valence-corrected chi connectivity index (χ2v) is 28.4. The van der Waals surface area contributed by atoms with Crippen LogP contribution in [0.5, 0.6) is 0 Å². The smallest absolute Gasteiger partial charge is 0.462 e. The van der Waals surface area contributed by atoms with E-state index >= 15 is 0 Å². The lowest BCUT2D eigenvalue weighted by atomic mass is 10.1. The molecule has 0 heterocycles. The maximum absolute atomic E-state index is 13.1. The van der Waals surface area contributed by atoms with Gasteiger partial charge in [0, 0.05) is 25.7 Å². The summed E-state index contributed by atoms with van der Waals surface area (Å²) < 4.78 is 68.4. The highest BCUT2D eigenvalue weighted by Crippen LogP contribution is 2.45. The van der Waals surface area contributed by atoms with E-state index in [1.54, 1.807) is 0 Å². The fraction of sp³-hybridized carbons (Fsp3) is 0.704. The number of carbonyl (C=O) groups excluding carboxylic acids is 4. The number of rotatable bonds is 72. The summed E-state index contributed by atoms with van der Waals surface area (Å²) in [4.78, 5) is 72.8. The van der Waals surface area contributed by atoms with E-state index in [2.05, 4.69) is 149 Å². The van der Waals surface area contributed by atoms with E-state index in [4.69, 9.17) is 37.0 Å². The van der Waals surface area contributed by atoms with E-state index in [1.165, 1.54) is 77.0 Å². The highest BCUT2D eigenvalue weighted by Gasteiger charge is 2.30. The third-order valence-corrected chi connectivity index (χ3v) is 17.8. The Morgan fingerprint density at radius 1 is 0.290 bits per heavy atom. The number of unbranched alkanes of at least 4 members (excludes halogenated alkanes) is 26. The highest BCUT2D eigenvalue weighted by atomic mass is 31.2. The lowest BCUT2D eigenvalue weighted by molar-refractivity contribution is -0.161. The Kier molecular flexibility index (Phi) is 69.5. The molecule has 0 aliphatic rings. The fourth-order valence-electron chi connectivity index (χ4n) is 10.1. The zero-order chi connectivity index (χ0) is 73.2. The quantitative estimate of drug-likeness (QED) is 0.0169. The summed E-state index contributed by atoms with van der Waals surface area (Å²) in [6.07, 6.45) is 79.1. The lowest BCUT2D eigenvalue weighted by Crippen LogP contribution is -2.30. The van der Waals surface area contributed by atoms with Crippen molar-refractivity contribution in [3.05, 3.63) is 122 Å². The standard InChI is InChI=1S/C81H138O17P2/c1-5-9-13-17-21-25-29-32-35-36-37-38-41-43-47-50-54-58-62-66-79(84)92-72-77(98-81(86)68-64-60-56-52-48-44-40-34-31-27-23-19-15-11-7-3)74-96-100(89,90)94-70-75(82)69-93-99(87,88)95-73-76(97-80(85)67-63-59-55-51-45-28-24-20-16-12-8-4)71-91-78(83)65-61-57-53-49-46-42-39-33-30-26-22-18-14-10-6-2/h9,11,13,15,21,23,25,27,32-35,37-40,43,47-48,52,75-77,82H,5-8,10,12,14,16-20,22,24,26,28-31,36,41-42,44-46,49-51,53-74H2,1-4H3,(H,87,88)(H,89,90)/b13-9-,15-11-,25-21-,27-23-,35-32-,38-37-,39-33-,40-34-,47-43-,52-48-. The number of esters is 4. The van der Waals surface area contributed by atoms with Gasteiger partial charge in [-0.05, 0) is 135 Å². The Morgan fingerprint density at radius 2 is 0.520 bits per heavy atom. The van der Waals surface area contributed by atoms with Gasteiger partial charge < -0.3 is 33.8 Å². The number of ether oxygens (including phenoxy) is 4. The van der Waals surface area contributed by atoms with Gasteiger partial charge in [-0.2, -0.15) is 0 Å². The van der Waals surface area contributed by atoms with E-state index in [-0.39, 0.29) is 25.7 Å².